The van der Waals surface area contributed by atoms with E-state index in [1.54, 1.807) is 11.7 Å². The summed E-state index contributed by atoms with van der Waals surface area (Å²) in [6.07, 6.45) is 4.74. The van der Waals surface area contributed by atoms with E-state index in [0.29, 0.717) is 25.1 Å². The molecular weight excluding hydrogens is 394 g/mol. The summed E-state index contributed by atoms with van der Waals surface area (Å²) in [7, 11) is 0. The number of hydrogen-bond donors (Lipinski definition) is 3. The summed E-state index contributed by atoms with van der Waals surface area (Å²) in [5.74, 6) is -0.851. The summed E-state index contributed by atoms with van der Waals surface area (Å²) in [4.78, 5) is 28.9. The van der Waals surface area contributed by atoms with Gasteiger partial charge in [0.25, 0.3) is 0 Å². The van der Waals surface area contributed by atoms with Gasteiger partial charge in [-0.25, -0.2) is 5.48 Å². The molecule has 1 heterocycles. The number of aromatic nitrogens is 1. The smallest absolute Gasteiger partial charge is 0.247 e. The Morgan fingerprint density at radius 2 is 1.68 bits per heavy atom. The van der Waals surface area contributed by atoms with Crippen LogP contribution in [0.2, 0.25) is 0 Å². The summed E-state index contributed by atoms with van der Waals surface area (Å²) in [5.41, 5.74) is 4.21. The number of ether oxygens (including phenoxy) is 1. The minimum absolute atomic E-state index is 0.194. The minimum atomic E-state index is -0.499. The molecule has 1 aliphatic carbocycles. The molecule has 0 radical (unpaired) electrons. The maximum absolute atomic E-state index is 12.7. The molecule has 1 aromatic heterocycles. The summed E-state index contributed by atoms with van der Waals surface area (Å²) < 4.78 is 5.98. The van der Waals surface area contributed by atoms with Gasteiger partial charge in [0.15, 0.2) is 0 Å². The lowest BCUT2D eigenvalue weighted by Crippen LogP contribution is -2.40. The van der Waals surface area contributed by atoms with Crippen molar-refractivity contribution in [3.05, 3.63) is 66.4 Å². The molecule has 7 nitrogen and oxygen atoms in total. The summed E-state index contributed by atoms with van der Waals surface area (Å²) >= 11 is 0. The Bertz CT molecular complexity index is 1060. The van der Waals surface area contributed by atoms with E-state index < -0.39 is 17.7 Å². The number of rotatable bonds is 6. The van der Waals surface area contributed by atoms with Crippen LogP contribution < -0.4 is 15.5 Å². The van der Waals surface area contributed by atoms with Gasteiger partial charge >= 0.3 is 0 Å². The van der Waals surface area contributed by atoms with Crippen LogP contribution in [-0.4, -0.2) is 22.0 Å². The number of para-hydroxylation sites is 1. The van der Waals surface area contributed by atoms with E-state index in [1.807, 2.05) is 54.6 Å². The molecule has 2 atom stereocenters. The van der Waals surface area contributed by atoms with Crippen molar-refractivity contribution in [1.82, 2.24) is 10.5 Å². The lowest BCUT2D eigenvalue weighted by Gasteiger charge is -2.28. The maximum Gasteiger partial charge on any atom is 0.247 e. The number of hydroxylamine groups is 1. The van der Waals surface area contributed by atoms with Crippen molar-refractivity contribution in [3.8, 4) is 5.75 Å². The molecule has 1 aliphatic rings. The summed E-state index contributed by atoms with van der Waals surface area (Å²) in [5, 5.41) is 12.8. The lowest BCUT2D eigenvalue weighted by molar-refractivity contribution is -0.140. The summed E-state index contributed by atoms with van der Waals surface area (Å²) in [6.45, 7) is 0.392. The predicted octanol–water partition coefficient (Wildman–Crippen LogP) is 4.06. The molecule has 7 heteroatoms. The SMILES string of the molecule is O=C(NO)[C@@H]1CCCC[C@H]1C(=O)Nc1ccc(COc2ccnc3ccccc23)cc1. The Labute approximate surface area is 180 Å². The molecule has 3 N–H and O–H groups in total. The highest BCUT2D eigenvalue weighted by molar-refractivity contribution is 5.96. The zero-order valence-electron chi connectivity index (χ0n) is 17.1. The van der Waals surface area contributed by atoms with Gasteiger partial charge in [0.1, 0.15) is 12.4 Å². The first-order valence-corrected chi connectivity index (χ1v) is 10.5. The van der Waals surface area contributed by atoms with E-state index >= 15 is 0 Å². The normalized spacial score (nSPS) is 18.4. The highest BCUT2D eigenvalue weighted by atomic mass is 16.5. The average molecular weight is 419 g/mol. The van der Waals surface area contributed by atoms with Gasteiger partial charge in [-0.15, -0.1) is 0 Å². The molecule has 3 aromatic rings. The fourth-order valence-corrected chi connectivity index (χ4v) is 4.12. The van der Waals surface area contributed by atoms with E-state index in [2.05, 4.69) is 10.3 Å². The van der Waals surface area contributed by atoms with Gasteiger partial charge in [-0.1, -0.05) is 37.1 Å². The molecule has 1 saturated carbocycles. The first-order chi connectivity index (χ1) is 15.2. The number of amides is 2. The molecule has 0 aliphatic heterocycles. The first-order valence-electron chi connectivity index (χ1n) is 10.5. The topological polar surface area (TPSA) is 101 Å². The Balaban J connectivity index is 1.38. The second kappa shape index (κ2) is 9.57. The molecule has 0 bridgehead atoms. The monoisotopic (exact) mass is 419 g/mol. The maximum atomic E-state index is 12.7. The minimum Gasteiger partial charge on any atom is -0.488 e. The number of carbonyl (C=O) groups is 2. The van der Waals surface area contributed by atoms with Crippen molar-refractivity contribution in [2.45, 2.75) is 32.3 Å². The van der Waals surface area contributed by atoms with Crippen molar-refractivity contribution in [2.24, 2.45) is 11.8 Å². The van der Waals surface area contributed by atoms with Crippen molar-refractivity contribution in [2.75, 3.05) is 5.32 Å². The van der Waals surface area contributed by atoms with E-state index in [-0.39, 0.29) is 5.91 Å². The fraction of sp³-hybridized carbons (Fsp3) is 0.292. The van der Waals surface area contributed by atoms with Crippen molar-refractivity contribution in [1.29, 1.82) is 0 Å². The highest BCUT2D eigenvalue weighted by Crippen LogP contribution is 2.31. The Kier molecular flexibility index (Phi) is 6.43. The largest absolute Gasteiger partial charge is 0.488 e. The third kappa shape index (κ3) is 4.83. The number of benzene rings is 2. The first kappa shape index (κ1) is 20.8. The zero-order valence-corrected chi connectivity index (χ0v) is 17.1. The van der Waals surface area contributed by atoms with Crippen LogP contribution in [0.5, 0.6) is 5.75 Å². The second-order valence-corrected chi connectivity index (χ2v) is 7.77. The second-order valence-electron chi connectivity index (χ2n) is 7.77. The fourth-order valence-electron chi connectivity index (χ4n) is 4.12. The quantitative estimate of drug-likeness (QED) is 0.413. The van der Waals surface area contributed by atoms with Gasteiger partial charge in [-0.3, -0.25) is 19.8 Å². The molecule has 160 valence electrons. The van der Waals surface area contributed by atoms with Crippen LogP contribution >= 0.6 is 0 Å². The average Bonchev–Trinajstić information content (AvgIpc) is 2.83. The third-order valence-electron chi connectivity index (χ3n) is 5.77. The van der Waals surface area contributed by atoms with Crippen molar-refractivity contribution < 1.29 is 19.5 Å². The Morgan fingerprint density at radius 3 is 2.42 bits per heavy atom. The van der Waals surface area contributed by atoms with Gasteiger partial charge < -0.3 is 10.1 Å². The van der Waals surface area contributed by atoms with Crippen LogP contribution in [0.25, 0.3) is 10.9 Å². The molecule has 2 amide bonds. The van der Waals surface area contributed by atoms with E-state index in [1.165, 1.54) is 0 Å². The van der Waals surface area contributed by atoms with Crippen molar-refractivity contribution in [3.63, 3.8) is 0 Å². The Hall–Kier alpha value is -3.45. The molecule has 31 heavy (non-hydrogen) atoms. The molecule has 0 spiro atoms. The number of pyridine rings is 1. The summed E-state index contributed by atoms with van der Waals surface area (Å²) in [6, 6.07) is 17.1. The van der Waals surface area contributed by atoms with Crippen LogP contribution in [0, 0.1) is 11.8 Å². The van der Waals surface area contributed by atoms with Crippen LogP contribution in [0.3, 0.4) is 0 Å². The van der Waals surface area contributed by atoms with Gasteiger partial charge in [-0.05, 0) is 48.7 Å². The number of carbonyl (C=O) groups excluding carboxylic acids is 2. The number of hydrogen-bond acceptors (Lipinski definition) is 5. The lowest BCUT2D eigenvalue weighted by atomic mass is 9.78. The number of anilines is 1. The van der Waals surface area contributed by atoms with E-state index in [0.717, 1.165) is 35.1 Å². The van der Waals surface area contributed by atoms with E-state index in [4.69, 9.17) is 9.94 Å². The van der Waals surface area contributed by atoms with Crippen LogP contribution in [0.4, 0.5) is 5.69 Å². The molecule has 0 unspecified atom stereocenters. The van der Waals surface area contributed by atoms with Gasteiger partial charge in [0.05, 0.1) is 11.4 Å². The van der Waals surface area contributed by atoms with Gasteiger partial charge in [0.2, 0.25) is 11.8 Å². The standard InChI is InChI=1S/C24H25N3O4/c28-23(18-5-1-2-6-19(18)24(29)27-30)26-17-11-9-16(10-12-17)15-31-22-13-14-25-21-8-4-3-7-20(21)22/h3-4,7-14,18-19,30H,1-2,5-6,15H2,(H,26,28)(H,27,29)/t18-,19-/m1/s1. The Morgan fingerprint density at radius 1 is 0.968 bits per heavy atom. The molecule has 2 aromatic carbocycles. The van der Waals surface area contributed by atoms with Gasteiger partial charge in [-0.2, -0.15) is 0 Å². The van der Waals surface area contributed by atoms with Crippen LogP contribution in [0.15, 0.2) is 60.8 Å². The zero-order chi connectivity index (χ0) is 21.6. The molecule has 0 saturated heterocycles. The van der Waals surface area contributed by atoms with Crippen LogP contribution in [0.1, 0.15) is 31.2 Å². The van der Waals surface area contributed by atoms with Crippen molar-refractivity contribution >= 4 is 28.4 Å². The number of fused-ring (bicyclic) bond motifs is 1. The van der Waals surface area contributed by atoms with Gasteiger partial charge in [0, 0.05) is 23.2 Å². The molecule has 4 rings (SSSR count). The third-order valence-corrected chi connectivity index (χ3v) is 5.77. The molecular formula is C24H25N3O4. The number of nitrogens with zero attached hydrogens (tertiary/aromatic N) is 1. The van der Waals surface area contributed by atoms with E-state index in [9.17, 15) is 9.59 Å². The predicted molar refractivity (Wildman–Crippen MR) is 117 cm³/mol. The number of nitrogens with one attached hydrogen (secondary N) is 2. The molecule has 1 fully saturated rings. The van der Waals surface area contributed by atoms with Crippen LogP contribution in [-0.2, 0) is 16.2 Å². The highest BCUT2D eigenvalue weighted by Gasteiger charge is 2.35.